The lowest BCUT2D eigenvalue weighted by atomic mass is 9.78. The average molecular weight is 331 g/mol. The predicted molar refractivity (Wildman–Crippen MR) is 79.7 cm³/mol. The van der Waals surface area contributed by atoms with Crippen LogP contribution in [0.25, 0.3) is 0 Å². The molecular formula is C16H20F3NO3. The van der Waals surface area contributed by atoms with Gasteiger partial charge in [-0.15, -0.1) is 0 Å². The Hall–Kier alpha value is -1.92. The van der Waals surface area contributed by atoms with Crippen LogP contribution in [0.15, 0.2) is 18.2 Å². The zero-order valence-electron chi connectivity index (χ0n) is 13.1. The van der Waals surface area contributed by atoms with Crippen LogP contribution in [-0.4, -0.2) is 26.3 Å². The Morgan fingerprint density at radius 2 is 1.78 bits per heavy atom. The second kappa shape index (κ2) is 7.10. The molecule has 2 atom stereocenters. The molecule has 1 aromatic rings. The van der Waals surface area contributed by atoms with Gasteiger partial charge in [-0.1, -0.05) is 12.8 Å². The van der Waals surface area contributed by atoms with Crippen molar-refractivity contribution in [3.05, 3.63) is 18.2 Å². The number of hydrogen-bond acceptors (Lipinski definition) is 3. The summed E-state index contributed by atoms with van der Waals surface area (Å²) in [6.45, 7) is 0. The number of benzene rings is 1. The molecule has 0 radical (unpaired) electrons. The van der Waals surface area contributed by atoms with E-state index in [-0.39, 0.29) is 12.8 Å². The maximum absolute atomic E-state index is 13.1. The molecule has 128 valence electrons. The lowest BCUT2D eigenvalue weighted by molar-refractivity contribution is -0.197. The first-order chi connectivity index (χ1) is 10.9. The van der Waals surface area contributed by atoms with Gasteiger partial charge in [-0.3, -0.25) is 4.79 Å². The highest BCUT2D eigenvalue weighted by Gasteiger charge is 2.48. The number of alkyl halides is 3. The number of nitrogens with one attached hydrogen (secondary N) is 1. The Labute approximate surface area is 133 Å². The molecule has 1 saturated carbocycles. The lowest BCUT2D eigenvalue weighted by Crippen LogP contribution is -2.39. The summed E-state index contributed by atoms with van der Waals surface area (Å²) in [4.78, 5) is 12.3. The maximum atomic E-state index is 13.1. The first kappa shape index (κ1) is 17.4. The van der Waals surface area contributed by atoms with Gasteiger partial charge in [-0.2, -0.15) is 13.2 Å². The van der Waals surface area contributed by atoms with Crippen molar-refractivity contribution in [2.24, 2.45) is 11.8 Å². The van der Waals surface area contributed by atoms with E-state index in [4.69, 9.17) is 9.47 Å². The van der Waals surface area contributed by atoms with E-state index in [1.165, 1.54) is 20.3 Å². The van der Waals surface area contributed by atoms with Crippen molar-refractivity contribution in [2.75, 3.05) is 19.5 Å². The number of hydrogen-bond donors (Lipinski definition) is 1. The summed E-state index contributed by atoms with van der Waals surface area (Å²) in [6, 6.07) is 4.70. The van der Waals surface area contributed by atoms with E-state index in [1.807, 2.05) is 0 Å². The monoisotopic (exact) mass is 331 g/mol. The third-order valence-corrected chi connectivity index (χ3v) is 4.17. The average Bonchev–Trinajstić information content (AvgIpc) is 2.53. The van der Waals surface area contributed by atoms with E-state index < -0.39 is 23.9 Å². The fraction of sp³-hybridized carbons (Fsp3) is 0.562. The third-order valence-electron chi connectivity index (χ3n) is 4.17. The second-order valence-corrected chi connectivity index (χ2v) is 5.60. The summed E-state index contributed by atoms with van der Waals surface area (Å²) < 4.78 is 49.5. The SMILES string of the molecule is COc1ccc(NC(=O)[C@H]2CCCC[C@H]2C(F)(F)F)cc1OC. The fourth-order valence-electron chi connectivity index (χ4n) is 2.99. The van der Waals surface area contributed by atoms with E-state index in [9.17, 15) is 18.0 Å². The molecule has 0 saturated heterocycles. The van der Waals surface area contributed by atoms with E-state index in [0.717, 1.165) is 0 Å². The smallest absolute Gasteiger partial charge is 0.392 e. The van der Waals surface area contributed by atoms with Crippen LogP contribution in [0, 0.1) is 11.8 Å². The fourth-order valence-corrected chi connectivity index (χ4v) is 2.99. The summed E-state index contributed by atoms with van der Waals surface area (Å²) in [5, 5.41) is 2.57. The number of anilines is 1. The zero-order valence-corrected chi connectivity index (χ0v) is 13.1. The van der Waals surface area contributed by atoms with Gasteiger partial charge in [-0.05, 0) is 25.0 Å². The number of halogens is 3. The summed E-state index contributed by atoms with van der Waals surface area (Å²) in [6.07, 6.45) is -2.95. The molecule has 2 rings (SSSR count). The van der Waals surface area contributed by atoms with Crippen LogP contribution in [0.5, 0.6) is 11.5 Å². The van der Waals surface area contributed by atoms with E-state index >= 15 is 0 Å². The van der Waals surface area contributed by atoms with Crippen molar-refractivity contribution in [1.82, 2.24) is 0 Å². The van der Waals surface area contributed by atoms with Gasteiger partial charge in [0.05, 0.1) is 20.1 Å². The summed E-state index contributed by atoms with van der Waals surface area (Å²) in [5.41, 5.74) is 0.388. The van der Waals surface area contributed by atoms with Crippen LogP contribution < -0.4 is 14.8 Å². The number of ether oxygens (including phenoxy) is 2. The molecule has 1 aliphatic carbocycles. The maximum Gasteiger partial charge on any atom is 0.392 e. The largest absolute Gasteiger partial charge is 0.493 e. The molecule has 23 heavy (non-hydrogen) atoms. The molecule has 1 fully saturated rings. The summed E-state index contributed by atoms with van der Waals surface area (Å²) in [7, 11) is 2.93. The number of rotatable bonds is 4. The van der Waals surface area contributed by atoms with Gasteiger partial charge in [0.15, 0.2) is 11.5 Å². The molecular weight excluding hydrogens is 311 g/mol. The number of methoxy groups -OCH3 is 2. The molecule has 0 unspecified atom stereocenters. The Balaban J connectivity index is 2.14. The Kier molecular flexibility index (Phi) is 5.38. The van der Waals surface area contributed by atoms with Crippen LogP contribution in [0.3, 0.4) is 0 Å². The summed E-state index contributed by atoms with van der Waals surface area (Å²) >= 11 is 0. The van der Waals surface area contributed by atoms with Crippen LogP contribution in [-0.2, 0) is 4.79 Å². The van der Waals surface area contributed by atoms with Crippen molar-refractivity contribution >= 4 is 11.6 Å². The second-order valence-electron chi connectivity index (χ2n) is 5.60. The molecule has 1 aromatic carbocycles. The van der Waals surface area contributed by atoms with E-state index in [1.54, 1.807) is 12.1 Å². The predicted octanol–water partition coefficient (Wildman–Crippen LogP) is 4.01. The van der Waals surface area contributed by atoms with Gasteiger partial charge < -0.3 is 14.8 Å². The molecule has 0 spiro atoms. The van der Waals surface area contributed by atoms with Gasteiger partial charge in [0, 0.05) is 17.7 Å². The van der Waals surface area contributed by atoms with Gasteiger partial charge in [0.2, 0.25) is 5.91 Å². The van der Waals surface area contributed by atoms with Gasteiger partial charge in [-0.25, -0.2) is 0 Å². The van der Waals surface area contributed by atoms with Gasteiger partial charge in [0.25, 0.3) is 0 Å². The van der Waals surface area contributed by atoms with Crippen molar-refractivity contribution in [3.8, 4) is 11.5 Å². The van der Waals surface area contributed by atoms with Crippen molar-refractivity contribution < 1.29 is 27.4 Å². The quantitative estimate of drug-likeness (QED) is 0.907. The molecule has 0 aliphatic heterocycles. The van der Waals surface area contributed by atoms with E-state index in [2.05, 4.69) is 5.32 Å². The van der Waals surface area contributed by atoms with Crippen molar-refractivity contribution in [1.29, 1.82) is 0 Å². The molecule has 0 aromatic heterocycles. The molecule has 1 aliphatic rings. The van der Waals surface area contributed by atoms with Crippen LogP contribution in [0.4, 0.5) is 18.9 Å². The van der Waals surface area contributed by atoms with Crippen LogP contribution in [0.1, 0.15) is 25.7 Å². The minimum absolute atomic E-state index is 0.00746. The Morgan fingerprint density at radius 3 is 2.39 bits per heavy atom. The van der Waals surface area contributed by atoms with E-state index in [0.29, 0.717) is 30.0 Å². The molecule has 0 heterocycles. The standard InChI is InChI=1S/C16H20F3NO3/c1-22-13-8-7-10(9-14(13)23-2)20-15(21)11-5-3-4-6-12(11)16(17,18)19/h7-9,11-12H,3-6H2,1-2H3,(H,20,21)/t11-,12+/m0/s1. The van der Waals surface area contributed by atoms with Crippen molar-refractivity contribution in [3.63, 3.8) is 0 Å². The number of amides is 1. The molecule has 4 nitrogen and oxygen atoms in total. The minimum atomic E-state index is -4.35. The molecule has 1 N–H and O–H groups in total. The van der Waals surface area contributed by atoms with Crippen molar-refractivity contribution in [2.45, 2.75) is 31.9 Å². The normalized spacial score (nSPS) is 21.6. The molecule has 1 amide bonds. The summed E-state index contributed by atoms with van der Waals surface area (Å²) in [5.74, 6) is -2.33. The van der Waals surface area contributed by atoms with Gasteiger partial charge in [0.1, 0.15) is 0 Å². The van der Waals surface area contributed by atoms with Crippen LogP contribution >= 0.6 is 0 Å². The highest BCUT2D eigenvalue weighted by atomic mass is 19.4. The zero-order chi connectivity index (χ0) is 17.0. The molecule has 7 heteroatoms. The highest BCUT2D eigenvalue weighted by Crippen LogP contribution is 2.42. The number of carbonyl (C=O) groups is 1. The minimum Gasteiger partial charge on any atom is -0.493 e. The third kappa shape index (κ3) is 4.09. The Bertz CT molecular complexity index is 560. The highest BCUT2D eigenvalue weighted by molar-refractivity contribution is 5.93. The topological polar surface area (TPSA) is 47.6 Å². The first-order valence-electron chi connectivity index (χ1n) is 7.46. The molecule has 0 bridgehead atoms. The van der Waals surface area contributed by atoms with Crippen LogP contribution in [0.2, 0.25) is 0 Å². The number of carbonyl (C=O) groups excluding carboxylic acids is 1. The van der Waals surface area contributed by atoms with Gasteiger partial charge >= 0.3 is 6.18 Å². The first-order valence-corrected chi connectivity index (χ1v) is 7.46. The Morgan fingerprint density at radius 1 is 1.13 bits per heavy atom. The lowest BCUT2D eigenvalue weighted by Gasteiger charge is -2.32.